The van der Waals surface area contributed by atoms with Gasteiger partial charge in [0.1, 0.15) is 23.5 Å². The van der Waals surface area contributed by atoms with Crippen molar-refractivity contribution in [3.8, 4) is 0 Å². The van der Waals surface area contributed by atoms with Gasteiger partial charge in [0.15, 0.2) is 0 Å². The standard InChI is InChI=1S/C27H21N7O2S/c1-2-37(35,36)33-25-13-22-24(14-28-25)29-17-30-27(22)31-23-12-19-16-34(15-18-8-4-3-5-9-18)32-26(19)21-11-7-6-10-20(21)23/h2-14,16-17H,1,15H2,(H,28,33)(H,29,30,31). The summed E-state index contributed by atoms with van der Waals surface area (Å²) in [5, 5.41) is 12.7. The monoisotopic (exact) mass is 507 g/mol. The molecular weight excluding hydrogens is 486 g/mol. The van der Waals surface area contributed by atoms with Crippen LogP contribution in [0.4, 0.5) is 17.3 Å². The van der Waals surface area contributed by atoms with Crippen molar-refractivity contribution in [2.45, 2.75) is 6.54 Å². The molecule has 6 aromatic rings. The van der Waals surface area contributed by atoms with Crippen molar-refractivity contribution < 1.29 is 8.42 Å². The van der Waals surface area contributed by atoms with Crippen LogP contribution in [-0.2, 0) is 16.6 Å². The van der Waals surface area contributed by atoms with Crippen LogP contribution in [0.1, 0.15) is 5.56 Å². The van der Waals surface area contributed by atoms with Gasteiger partial charge in [0, 0.05) is 38.8 Å². The molecule has 182 valence electrons. The third-order valence-electron chi connectivity index (χ3n) is 5.99. The third kappa shape index (κ3) is 4.45. The summed E-state index contributed by atoms with van der Waals surface area (Å²) in [5.41, 5.74) is 3.49. The minimum atomic E-state index is -3.71. The first-order valence-electron chi connectivity index (χ1n) is 11.4. The Morgan fingerprint density at radius 2 is 1.70 bits per heavy atom. The van der Waals surface area contributed by atoms with E-state index in [0.717, 1.165) is 32.8 Å². The zero-order valence-corrected chi connectivity index (χ0v) is 20.4. The zero-order valence-electron chi connectivity index (χ0n) is 19.5. The summed E-state index contributed by atoms with van der Waals surface area (Å²) in [6, 6.07) is 21.9. The van der Waals surface area contributed by atoms with Crippen LogP contribution in [0.3, 0.4) is 0 Å². The van der Waals surface area contributed by atoms with Crippen LogP contribution in [0.2, 0.25) is 0 Å². The van der Waals surface area contributed by atoms with Gasteiger partial charge in [0.05, 0.1) is 18.3 Å². The van der Waals surface area contributed by atoms with Crippen LogP contribution in [0.25, 0.3) is 32.6 Å². The Kier molecular flexibility index (Phi) is 5.50. The molecule has 3 aromatic heterocycles. The highest BCUT2D eigenvalue weighted by molar-refractivity contribution is 7.95. The van der Waals surface area contributed by atoms with E-state index >= 15 is 0 Å². The number of hydrogen-bond donors (Lipinski definition) is 2. The molecule has 37 heavy (non-hydrogen) atoms. The van der Waals surface area contributed by atoms with Crippen molar-refractivity contribution in [2.75, 3.05) is 10.0 Å². The molecule has 6 rings (SSSR count). The van der Waals surface area contributed by atoms with Gasteiger partial charge in [-0.3, -0.25) is 9.40 Å². The number of fused-ring (bicyclic) bond motifs is 4. The average Bonchev–Trinajstić information content (AvgIpc) is 3.32. The number of sulfonamides is 1. The van der Waals surface area contributed by atoms with E-state index in [1.54, 1.807) is 6.07 Å². The lowest BCUT2D eigenvalue weighted by molar-refractivity contribution is 0.609. The number of nitrogens with one attached hydrogen (secondary N) is 2. The third-order valence-corrected chi connectivity index (χ3v) is 6.92. The van der Waals surface area contributed by atoms with Gasteiger partial charge in [-0.05, 0) is 17.7 Å². The largest absolute Gasteiger partial charge is 0.339 e. The highest BCUT2D eigenvalue weighted by Gasteiger charge is 2.14. The van der Waals surface area contributed by atoms with E-state index in [2.05, 4.69) is 43.7 Å². The molecule has 0 saturated heterocycles. The highest BCUT2D eigenvalue weighted by Crippen LogP contribution is 2.34. The van der Waals surface area contributed by atoms with Crippen molar-refractivity contribution in [1.29, 1.82) is 0 Å². The minimum absolute atomic E-state index is 0.146. The maximum atomic E-state index is 11.9. The fraction of sp³-hybridized carbons (Fsp3) is 0.0370. The quantitative estimate of drug-likeness (QED) is 0.305. The Morgan fingerprint density at radius 1 is 0.919 bits per heavy atom. The van der Waals surface area contributed by atoms with Gasteiger partial charge in [-0.15, -0.1) is 0 Å². The smallest absolute Gasteiger partial charge is 0.255 e. The van der Waals surface area contributed by atoms with E-state index in [4.69, 9.17) is 5.10 Å². The maximum absolute atomic E-state index is 11.9. The molecule has 0 spiro atoms. The summed E-state index contributed by atoms with van der Waals surface area (Å²) in [5.74, 6) is 0.667. The molecule has 0 atom stereocenters. The van der Waals surface area contributed by atoms with E-state index in [0.29, 0.717) is 23.3 Å². The van der Waals surface area contributed by atoms with Gasteiger partial charge in [-0.25, -0.2) is 23.4 Å². The van der Waals surface area contributed by atoms with Gasteiger partial charge in [-0.2, -0.15) is 5.10 Å². The van der Waals surface area contributed by atoms with E-state index in [1.807, 2.05) is 59.4 Å². The van der Waals surface area contributed by atoms with Crippen LogP contribution in [0, 0.1) is 0 Å². The van der Waals surface area contributed by atoms with E-state index < -0.39 is 10.0 Å². The Labute approximate surface area is 212 Å². The predicted molar refractivity (Wildman–Crippen MR) is 146 cm³/mol. The van der Waals surface area contributed by atoms with Crippen LogP contribution in [0.5, 0.6) is 0 Å². The Morgan fingerprint density at radius 3 is 2.51 bits per heavy atom. The summed E-state index contributed by atoms with van der Waals surface area (Å²) < 4.78 is 28.2. The molecule has 3 aromatic carbocycles. The molecule has 0 saturated carbocycles. The molecule has 0 radical (unpaired) electrons. The van der Waals surface area contributed by atoms with Gasteiger partial charge in [-0.1, -0.05) is 61.2 Å². The Balaban J connectivity index is 1.44. The van der Waals surface area contributed by atoms with Crippen molar-refractivity contribution in [2.24, 2.45) is 0 Å². The normalized spacial score (nSPS) is 11.7. The minimum Gasteiger partial charge on any atom is -0.339 e. The summed E-state index contributed by atoms with van der Waals surface area (Å²) >= 11 is 0. The van der Waals surface area contributed by atoms with E-state index in [-0.39, 0.29) is 5.82 Å². The van der Waals surface area contributed by atoms with Crippen LogP contribution in [-0.4, -0.2) is 33.2 Å². The van der Waals surface area contributed by atoms with Crippen molar-refractivity contribution in [1.82, 2.24) is 24.7 Å². The zero-order chi connectivity index (χ0) is 25.4. The first kappa shape index (κ1) is 22.6. The molecule has 0 aliphatic heterocycles. The van der Waals surface area contributed by atoms with Crippen LogP contribution < -0.4 is 10.0 Å². The van der Waals surface area contributed by atoms with Crippen molar-refractivity contribution in [3.63, 3.8) is 0 Å². The predicted octanol–water partition coefficient (Wildman–Crippen LogP) is 5.20. The topological polar surface area (TPSA) is 115 Å². The molecule has 0 aliphatic carbocycles. The molecule has 10 heteroatoms. The molecule has 3 heterocycles. The number of nitrogens with zero attached hydrogens (tertiary/aromatic N) is 5. The summed E-state index contributed by atoms with van der Waals surface area (Å²) in [4.78, 5) is 12.9. The average molecular weight is 508 g/mol. The SMILES string of the molecule is C=CS(=O)(=O)Nc1cc2c(Nc3cc4cn(Cc5ccccc5)nc4c4ccccc34)ncnc2cn1. The van der Waals surface area contributed by atoms with Gasteiger partial charge < -0.3 is 5.32 Å². The number of hydrogen-bond acceptors (Lipinski definition) is 7. The van der Waals surface area contributed by atoms with Gasteiger partial charge >= 0.3 is 0 Å². The molecule has 2 N–H and O–H groups in total. The number of benzene rings is 3. The molecular formula is C27H21N7O2S. The van der Waals surface area contributed by atoms with Crippen molar-refractivity contribution >= 4 is 59.9 Å². The molecule has 0 amide bonds. The van der Waals surface area contributed by atoms with Crippen LogP contribution >= 0.6 is 0 Å². The van der Waals surface area contributed by atoms with Gasteiger partial charge in [0.2, 0.25) is 0 Å². The molecule has 0 aliphatic rings. The molecule has 9 nitrogen and oxygen atoms in total. The summed E-state index contributed by atoms with van der Waals surface area (Å²) in [6.45, 7) is 3.99. The Hall–Kier alpha value is -4.83. The number of pyridine rings is 1. The fourth-order valence-corrected chi connectivity index (χ4v) is 4.78. The lowest BCUT2D eigenvalue weighted by Gasteiger charge is -2.12. The van der Waals surface area contributed by atoms with Crippen LogP contribution in [0.15, 0.2) is 97.4 Å². The second kappa shape index (κ2) is 8.99. The maximum Gasteiger partial charge on any atom is 0.255 e. The molecule has 0 unspecified atom stereocenters. The van der Waals surface area contributed by atoms with Gasteiger partial charge in [0.25, 0.3) is 10.0 Å². The lowest BCUT2D eigenvalue weighted by Crippen LogP contribution is -2.09. The Bertz CT molecular complexity index is 1900. The second-order valence-corrected chi connectivity index (χ2v) is 10.1. The summed E-state index contributed by atoms with van der Waals surface area (Å²) in [6.07, 6.45) is 4.97. The lowest BCUT2D eigenvalue weighted by atomic mass is 10.1. The number of aromatic nitrogens is 5. The highest BCUT2D eigenvalue weighted by atomic mass is 32.2. The summed E-state index contributed by atoms with van der Waals surface area (Å²) in [7, 11) is -3.71. The number of anilines is 3. The molecule has 0 fully saturated rings. The molecule has 0 bridgehead atoms. The second-order valence-electron chi connectivity index (χ2n) is 8.47. The fourth-order valence-electron chi connectivity index (χ4n) is 4.29. The van der Waals surface area contributed by atoms with E-state index in [1.165, 1.54) is 18.1 Å². The first-order valence-corrected chi connectivity index (χ1v) is 13.0. The number of rotatable bonds is 7. The first-order chi connectivity index (χ1) is 18.0. The van der Waals surface area contributed by atoms with Crippen molar-refractivity contribution in [3.05, 3.63) is 103 Å². The van der Waals surface area contributed by atoms with E-state index in [9.17, 15) is 8.42 Å².